The van der Waals surface area contributed by atoms with Gasteiger partial charge in [0, 0.05) is 42.7 Å². The maximum Gasteiger partial charge on any atom is 0.258 e. The number of likely N-dealkylation sites (N-methyl/N-ethyl adjacent to an activating group) is 1. The molecule has 232 valence electrons. The average Bonchev–Trinajstić information content (AvgIpc) is 3.86. The number of rotatable bonds is 10. The number of fused-ring (bicyclic) bond motifs is 1. The van der Waals surface area contributed by atoms with E-state index in [0.29, 0.717) is 53.6 Å². The fraction of sp³-hybridized carbons (Fsp3) is 0.382. The van der Waals surface area contributed by atoms with Crippen LogP contribution in [0.15, 0.2) is 66.7 Å². The van der Waals surface area contributed by atoms with Crippen molar-refractivity contribution in [3.63, 3.8) is 0 Å². The summed E-state index contributed by atoms with van der Waals surface area (Å²) >= 11 is 0. The van der Waals surface area contributed by atoms with Crippen molar-refractivity contribution in [3.05, 3.63) is 83.4 Å². The summed E-state index contributed by atoms with van der Waals surface area (Å²) in [5.74, 6) is -0.0419. The van der Waals surface area contributed by atoms with E-state index >= 15 is 0 Å². The van der Waals surface area contributed by atoms with Gasteiger partial charge in [-0.1, -0.05) is 31.2 Å². The van der Waals surface area contributed by atoms with Crippen LogP contribution in [0.25, 0.3) is 0 Å². The molecule has 3 atom stereocenters. The third-order valence-electron chi connectivity index (χ3n) is 8.25. The minimum absolute atomic E-state index is 0.0331. The molecule has 0 spiro atoms. The Morgan fingerprint density at radius 1 is 1.09 bits per heavy atom. The number of para-hydroxylation sites is 2. The van der Waals surface area contributed by atoms with E-state index in [-0.39, 0.29) is 48.3 Å². The highest BCUT2D eigenvalue weighted by Crippen LogP contribution is 2.33. The van der Waals surface area contributed by atoms with Crippen molar-refractivity contribution in [1.82, 2.24) is 9.80 Å². The van der Waals surface area contributed by atoms with Gasteiger partial charge in [0.05, 0.1) is 29.6 Å². The van der Waals surface area contributed by atoms with Crippen LogP contribution in [0.1, 0.15) is 53.0 Å². The van der Waals surface area contributed by atoms with E-state index in [0.717, 1.165) is 18.4 Å². The summed E-state index contributed by atoms with van der Waals surface area (Å²) in [6.07, 6.45) is 1.52. The van der Waals surface area contributed by atoms with Crippen molar-refractivity contribution >= 4 is 34.8 Å². The van der Waals surface area contributed by atoms with E-state index in [2.05, 4.69) is 15.5 Å². The van der Waals surface area contributed by atoms with Gasteiger partial charge in [-0.05, 0) is 74.8 Å². The molecule has 10 heteroatoms. The average molecular weight is 600 g/mol. The predicted molar refractivity (Wildman–Crippen MR) is 171 cm³/mol. The SMILES string of the molecule is C[C@@H]1CN([C@H](C)CO)C(=O)c2cc(NC(=O)C3CC3)ccc2O[C@H]1CN(C)Cc1ccc(C(=O)Nc2ccccc2N)cc1. The Kier molecular flexibility index (Phi) is 9.51. The summed E-state index contributed by atoms with van der Waals surface area (Å²) in [4.78, 5) is 42.6. The van der Waals surface area contributed by atoms with E-state index in [1.54, 1.807) is 47.4 Å². The van der Waals surface area contributed by atoms with Crippen molar-refractivity contribution in [2.24, 2.45) is 11.8 Å². The van der Waals surface area contributed by atoms with Crippen molar-refractivity contribution in [2.75, 3.05) is 43.1 Å². The number of nitrogens with two attached hydrogens (primary N) is 1. The number of benzene rings is 3. The summed E-state index contributed by atoms with van der Waals surface area (Å²) < 4.78 is 6.50. The molecule has 5 N–H and O–H groups in total. The van der Waals surface area contributed by atoms with Crippen molar-refractivity contribution in [2.45, 2.75) is 45.4 Å². The van der Waals surface area contributed by atoms with Gasteiger partial charge in [0.1, 0.15) is 11.9 Å². The standard InChI is InChI=1S/C34H41N5O5/c1-21-17-39(22(2)20-40)34(43)27-16-26(36-32(41)25-12-13-25)14-15-30(27)44-31(21)19-38(3)18-23-8-10-24(11-9-23)33(42)37-29-7-5-4-6-28(29)35/h4-11,14-16,21-22,25,31,40H,12-13,17-20,35H2,1-3H3,(H,36,41)(H,37,42)/t21-,22-,31+/m1/s1. The predicted octanol–water partition coefficient (Wildman–Crippen LogP) is 4.22. The van der Waals surface area contributed by atoms with Crippen LogP contribution < -0.4 is 21.1 Å². The van der Waals surface area contributed by atoms with Gasteiger partial charge in [-0.3, -0.25) is 19.3 Å². The van der Waals surface area contributed by atoms with Gasteiger partial charge in [0.25, 0.3) is 11.8 Å². The highest BCUT2D eigenvalue weighted by molar-refractivity contribution is 6.05. The highest BCUT2D eigenvalue weighted by Gasteiger charge is 2.34. The second-order valence-electron chi connectivity index (χ2n) is 12.0. The van der Waals surface area contributed by atoms with E-state index in [9.17, 15) is 19.5 Å². The first-order valence-corrected chi connectivity index (χ1v) is 15.1. The van der Waals surface area contributed by atoms with E-state index < -0.39 is 0 Å². The number of carbonyl (C=O) groups excluding carboxylic acids is 3. The van der Waals surface area contributed by atoms with Crippen LogP contribution >= 0.6 is 0 Å². The lowest BCUT2D eigenvalue weighted by Gasteiger charge is -2.38. The number of carbonyl (C=O) groups is 3. The van der Waals surface area contributed by atoms with E-state index in [4.69, 9.17) is 10.5 Å². The number of hydrogen-bond acceptors (Lipinski definition) is 7. The van der Waals surface area contributed by atoms with Gasteiger partial charge in [-0.15, -0.1) is 0 Å². The fourth-order valence-corrected chi connectivity index (χ4v) is 5.36. The minimum Gasteiger partial charge on any atom is -0.488 e. The molecule has 0 bridgehead atoms. The zero-order chi connectivity index (χ0) is 31.4. The lowest BCUT2D eigenvalue weighted by atomic mass is 9.99. The number of nitrogens with one attached hydrogen (secondary N) is 2. The summed E-state index contributed by atoms with van der Waals surface area (Å²) in [5.41, 5.74) is 9.52. The third-order valence-corrected chi connectivity index (χ3v) is 8.25. The first-order valence-electron chi connectivity index (χ1n) is 15.1. The molecule has 0 aromatic heterocycles. The summed E-state index contributed by atoms with van der Waals surface area (Å²) in [7, 11) is 2.00. The molecular formula is C34H41N5O5. The number of ether oxygens (including phenoxy) is 1. The summed E-state index contributed by atoms with van der Waals surface area (Å²) in [5, 5.41) is 15.7. The molecule has 3 amide bonds. The number of amides is 3. The molecule has 1 heterocycles. The maximum atomic E-state index is 13.7. The molecule has 0 unspecified atom stereocenters. The van der Waals surface area contributed by atoms with Gasteiger partial charge in [0.2, 0.25) is 5.91 Å². The second kappa shape index (κ2) is 13.5. The van der Waals surface area contributed by atoms with Crippen molar-refractivity contribution in [1.29, 1.82) is 0 Å². The second-order valence-corrected chi connectivity index (χ2v) is 12.0. The first-order chi connectivity index (χ1) is 21.1. The molecule has 10 nitrogen and oxygen atoms in total. The van der Waals surface area contributed by atoms with Gasteiger partial charge in [-0.2, -0.15) is 0 Å². The van der Waals surface area contributed by atoms with Crippen molar-refractivity contribution < 1.29 is 24.2 Å². The fourth-order valence-electron chi connectivity index (χ4n) is 5.36. The van der Waals surface area contributed by atoms with Crippen molar-refractivity contribution in [3.8, 4) is 5.75 Å². The first kappa shape index (κ1) is 31.0. The van der Waals surface area contributed by atoms with Crippen LogP contribution in [0.5, 0.6) is 5.75 Å². The molecule has 2 aliphatic rings. The molecule has 3 aromatic carbocycles. The third kappa shape index (κ3) is 7.38. The minimum atomic E-state index is -0.381. The monoisotopic (exact) mass is 599 g/mol. The molecule has 3 aromatic rings. The van der Waals surface area contributed by atoms with Crippen LogP contribution in [0.4, 0.5) is 17.1 Å². The summed E-state index contributed by atoms with van der Waals surface area (Å²) in [6.45, 7) is 5.31. The highest BCUT2D eigenvalue weighted by atomic mass is 16.5. The number of anilines is 3. The normalized spacial score (nSPS) is 18.9. The quantitative estimate of drug-likeness (QED) is 0.256. The lowest BCUT2D eigenvalue weighted by Crippen LogP contribution is -2.49. The molecule has 1 aliphatic heterocycles. The Labute approximate surface area is 258 Å². The van der Waals surface area contributed by atoms with Crippen LogP contribution in [0.2, 0.25) is 0 Å². The molecule has 44 heavy (non-hydrogen) atoms. The lowest BCUT2D eigenvalue weighted by molar-refractivity contribution is -0.117. The van der Waals surface area contributed by atoms with E-state index in [1.165, 1.54) is 0 Å². The molecule has 1 saturated carbocycles. The Morgan fingerprint density at radius 3 is 2.50 bits per heavy atom. The topological polar surface area (TPSA) is 137 Å². The zero-order valence-electron chi connectivity index (χ0n) is 25.5. The Balaban J connectivity index is 1.28. The number of hydrogen-bond donors (Lipinski definition) is 4. The number of aliphatic hydroxyl groups is 1. The van der Waals surface area contributed by atoms with Gasteiger partial charge in [0.15, 0.2) is 0 Å². The molecule has 0 saturated heterocycles. The number of nitrogen functional groups attached to an aromatic ring is 1. The molecule has 1 fully saturated rings. The van der Waals surface area contributed by atoms with Gasteiger partial charge in [-0.25, -0.2) is 0 Å². The Morgan fingerprint density at radius 2 is 1.82 bits per heavy atom. The van der Waals surface area contributed by atoms with Gasteiger partial charge >= 0.3 is 0 Å². The van der Waals surface area contributed by atoms with E-state index in [1.807, 2.05) is 45.2 Å². The zero-order valence-corrected chi connectivity index (χ0v) is 25.5. The number of nitrogens with zero attached hydrogens (tertiary/aromatic N) is 2. The maximum absolute atomic E-state index is 13.7. The molecule has 1 aliphatic carbocycles. The number of aliphatic hydroxyl groups excluding tert-OH is 1. The largest absolute Gasteiger partial charge is 0.488 e. The Hall–Kier alpha value is -4.41. The van der Waals surface area contributed by atoms with Crippen LogP contribution in [-0.2, 0) is 11.3 Å². The smallest absolute Gasteiger partial charge is 0.258 e. The summed E-state index contributed by atoms with van der Waals surface area (Å²) in [6, 6.07) is 19.4. The Bertz CT molecular complexity index is 1510. The molecule has 5 rings (SSSR count). The van der Waals surface area contributed by atoms with Gasteiger partial charge < -0.3 is 31.1 Å². The van der Waals surface area contributed by atoms with Crippen LogP contribution in [0, 0.1) is 11.8 Å². The van der Waals surface area contributed by atoms with Crippen LogP contribution in [-0.4, -0.2) is 71.5 Å². The molecular weight excluding hydrogens is 558 g/mol. The van der Waals surface area contributed by atoms with Crippen LogP contribution in [0.3, 0.4) is 0 Å². The molecule has 0 radical (unpaired) electrons.